The van der Waals surface area contributed by atoms with Crippen LogP contribution in [-0.2, 0) is 0 Å². The number of likely N-dealkylation sites (tertiary alicyclic amines) is 1. The topological polar surface area (TPSA) is 29.3 Å². The third-order valence-electron chi connectivity index (χ3n) is 4.76. The van der Waals surface area contributed by atoms with Crippen LogP contribution in [0.2, 0.25) is 0 Å². The van der Waals surface area contributed by atoms with Gasteiger partial charge in [-0.1, -0.05) is 26.2 Å². The summed E-state index contributed by atoms with van der Waals surface area (Å²) in [4.78, 5) is 2.66. The highest BCUT2D eigenvalue weighted by atomic mass is 15.1. The molecule has 1 aliphatic heterocycles. The fourth-order valence-corrected chi connectivity index (χ4v) is 3.46. The van der Waals surface area contributed by atoms with Gasteiger partial charge in [0.05, 0.1) is 0 Å². The van der Waals surface area contributed by atoms with Gasteiger partial charge in [-0.15, -0.1) is 0 Å². The van der Waals surface area contributed by atoms with Crippen molar-refractivity contribution in [3.63, 3.8) is 0 Å². The van der Waals surface area contributed by atoms with E-state index in [0.717, 1.165) is 24.3 Å². The van der Waals surface area contributed by atoms with Gasteiger partial charge in [0.15, 0.2) is 0 Å². The third kappa shape index (κ3) is 3.21. The minimum absolute atomic E-state index is 0.784. The predicted octanol–water partition coefficient (Wildman–Crippen LogP) is 2.48. The zero-order valence-corrected chi connectivity index (χ0v) is 10.8. The zero-order valence-electron chi connectivity index (χ0n) is 10.8. The number of hydrogen-bond donors (Lipinski definition) is 1. The molecule has 1 heterocycles. The zero-order chi connectivity index (χ0) is 11.4. The SMILES string of the molecule is CCC1CCC(CN2CCC(CN)C2)CC1. The Morgan fingerprint density at radius 3 is 2.25 bits per heavy atom. The Morgan fingerprint density at radius 2 is 1.69 bits per heavy atom. The van der Waals surface area contributed by atoms with E-state index in [4.69, 9.17) is 5.73 Å². The maximum atomic E-state index is 5.74. The van der Waals surface area contributed by atoms with Gasteiger partial charge in [-0.25, -0.2) is 0 Å². The van der Waals surface area contributed by atoms with Gasteiger partial charge in [0.1, 0.15) is 0 Å². The molecule has 0 spiro atoms. The summed E-state index contributed by atoms with van der Waals surface area (Å²) < 4.78 is 0. The maximum Gasteiger partial charge on any atom is 0.00223 e. The Kier molecular flexibility index (Phi) is 4.66. The van der Waals surface area contributed by atoms with E-state index in [-0.39, 0.29) is 0 Å². The molecule has 0 aromatic heterocycles. The standard InChI is InChI=1S/C14H28N2/c1-2-12-3-5-13(6-4-12)10-16-8-7-14(9-15)11-16/h12-14H,2-11,15H2,1H3. The van der Waals surface area contributed by atoms with Crippen LogP contribution < -0.4 is 5.73 Å². The highest BCUT2D eigenvalue weighted by molar-refractivity contribution is 4.80. The van der Waals surface area contributed by atoms with E-state index in [2.05, 4.69) is 11.8 Å². The third-order valence-corrected chi connectivity index (χ3v) is 4.76. The highest BCUT2D eigenvalue weighted by Crippen LogP contribution is 2.31. The highest BCUT2D eigenvalue weighted by Gasteiger charge is 2.26. The smallest absolute Gasteiger partial charge is 0.00223 e. The average Bonchev–Trinajstić information content (AvgIpc) is 2.78. The second kappa shape index (κ2) is 6.02. The van der Waals surface area contributed by atoms with Gasteiger partial charge in [0.2, 0.25) is 0 Å². The van der Waals surface area contributed by atoms with E-state index >= 15 is 0 Å². The molecule has 1 saturated heterocycles. The molecule has 0 aromatic rings. The first-order chi connectivity index (χ1) is 7.81. The van der Waals surface area contributed by atoms with Crippen LogP contribution in [0.15, 0.2) is 0 Å². The molecule has 16 heavy (non-hydrogen) atoms. The van der Waals surface area contributed by atoms with E-state index in [1.54, 1.807) is 0 Å². The van der Waals surface area contributed by atoms with Crippen molar-refractivity contribution in [3.05, 3.63) is 0 Å². The van der Waals surface area contributed by atoms with Gasteiger partial charge in [0, 0.05) is 13.1 Å². The van der Waals surface area contributed by atoms with Crippen LogP contribution in [0.25, 0.3) is 0 Å². The molecule has 1 saturated carbocycles. The molecule has 2 N–H and O–H groups in total. The van der Waals surface area contributed by atoms with Crippen molar-refractivity contribution in [1.82, 2.24) is 4.90 Å². The van der Waals surface area contributed by atoms with E-state index < -0.39 is 0 Å². The summed E-state index contributed by atoms with van der Waals surface area (Å²) in [6, 6.07) is 0. The maximum absolute atomic E-state index is 5.74. The molecular weight excluding hydrogens is 196 g/mol. The molecule has 1 atom stereocenters. The lowest BCUT2D eigenvalue weighted by molar-refractivity contribution is 0.198. The summed E-state index contributed by atoms with van der Waals surface area (Å²) in [5.41, 5.74) is 5.74. The Labute approximate surface area is 101 Å². The number of nitrogens with two attached hydrogens (primary N) is 1. The van der Waals surface area contributed by atoms with Crippen molar-refractivity contribution >= 4 is 0 Å². The van der Waals surface area contributed by atoms with Crippen LogP contribution in [0, 0.1) is 17.8 Å². The first kappa shape index (κ1) is 12.4. The Morgan fingerprint density at radius 1 is 1.00 bits per heavy atom. The largest absolute Gasteiger partial charge is 0.330 e. The summed E-state index contributed by atoms with van der Waals surface area (Å²) in [7, 11) is 0. The van der Waals surface area contributed by atoms with Crippen LogP contribution in [0.4, 0.5) is 0 Å². The lowest BCUT2D eigenvalue weighted by Gasteiger charge is -2.30. The summed E-state index contributed by atoms with van der Waals surface area (Å²) in [5, 5.41) is 0. The second-order valence-corrected chi connectivity index (χ2v) is 5.94. The molecular formula is C14H28N2. The molecule has 2 aliphatic rings. The second-order valence-electron chi connectivity index (χ2n) is 5.94. The minimum Gasteiger partial charge on any atom is -0.330 e. The van der Waals surface area contributed by atoms with Crippen molar-refractivity contribution in [3.8, 4) is 0 Å². The fourth-order valence-electron chi connectivity index (χ4n) is 3.46. The summed E-state index contributed by atoms with van der Waals surface area (Å²) >= 11 is 0. The van der Waals surface area contributed by atoms with E-state index in [1.165, 1.54) is 58.2 Å². The quantitative estimate of drug-likeness (QED) is 0.795. The van der Waals surface area contributed by atoms with Crippen molar-refractivity contribution in [2.45, 2.75) is 45.4 Å². The van der Waals surface area contributed by atoms with Crippen LogP contribution >= 0.6 is 0 Å². The molecule has 0 amide bonds. The first-order valence-electron chi connectivity index (χ1n) is 7.24. The van der Waals surface area contributed by atoms with Gasteiger partial charge < -0.3 is 10.6 Å². The fraction of sp³-hybridized carbons (Fsp3) is 1.00. The summed E-state index contributed by atoms with van der Waals surface area (Å²) in [5.74, 6) is 2.80. The Hall–Kier alpha value is -0.0800. The van der Waals surface area contributed by atoms with Crippen LogP contribution in [0.5, 0.6) is 0 Å². The number of hydrogen-bond acceptors (Lipinski definition) is 2. The van der Waals surface area contributed by atoms with Crippen molar-refractivity contribution in [2.75, 3.05) is 26.2 Å². The van der Waals surface area contributed by atoms with Gasteiger partial charge in [-0.2, -0.15) is 0 Å². The summed E-state index contributed by atoms with van der Waals surface area (Å²) in [6.45, 7) is 7.16. The Bertz CT molecular complexity index is 197. The van der Waals surface area contributed by atoms with E-state index in [9.17, 15) is 0 Å². The molecule has 2 nitrogen and oxygen atoms in total. The molecule has 2 rings (SSSR count). The molecule has 0 aromatic carbocycles. The van der Waals surface area contributed by atoms with Crippen molar-refractivity contribution in [2.24, 2.45) is 23.5 Å². The first-order valence-corrected chi connectivity index (χ1v) is 7.24. The van der Waals surface area contributed by atoms with Crippen molar-refractivity contribution < 1.29 is 0 Å². The van der Waals surface area contributed by atoms with Crippen molar-refractivity contribution in [1.29, 1.82) is 0 Å². The Balaban J connectivity index is 1.67. The molecule has 1 unspecified atom stereocenters. The molecule has 94 valence electrons. The van der Waals surface area contributed by atoms with Crippen LogP contribution in [0.1, 0.15) is 45.4 Å². The summed E-state index contributed by atoms with van der Waals surface area (Å²) in [6.07, 6.45) is 8.64. The molecule has 2 fully saturated rings. The normalized spacial score (nSPS) is 36.8. The van der Waals surface area contributed by atoms with Gasteiger partial charge >= 0.3 is 0 Å². The van der Waals surface area contributed by atoms with Gasteiger partial charge in [0.25, 0.3) is 0 Å². The predicted molar refractivity (Wildman–Crippen MR) is 69.3 cm³/mol. The monoisotopic (exact) mass is 224 g/mol. The van der Waals surface area contributed by atoms with Crippen LogP contribution in [0.3, 0.4) is 0 Å². The molecule has 0 radical (unpaired) electrons. The lowest BCUT2D eigenvalue weighted by atomic mass is 9.81. The minimum atomic E-state index is 0.784. The lowest BCUT2D eigenvalue weighted by Crippen LogP contribution is -2.30. The number of nitrogens with zero attached hydrogens (tertiary/aromatic N) is 1. The molecule has 1 aliphatic carbocycles. The van der Waals surface area contributed by atoms with Crippen LogP contribution in [-0.4, -0.2) is 31.1 Å². The molecule has 0 bridgehead atoms. The van der Waals surface area contributed by atoms with E-state index in [1.807, 2.05) is 0 Å². The molecule has 2 heteroatoms. The van der Waals surface area contributed by atoms with E-state index in [0.29, 0.717) is 0 Å². The average molecular weight is 224 g/mol. The number of rotatable bonds is 4. The van der Waals surface area contributed by atoms with Gasteiger partial charge in [-0.3, -0.25) is 0 Å². The van der Waals surface area contributed by atoms with Gasteiger partial charge in [-0.05, 0) is 50.1 Å².